The van der Waals surface area contributed by atoms with Gasteiger partial charge in [0, 0.05) is 5.02 Å². The molecule has 0 fully saturated rings. The van der Waals surface area contributed by atoms with Crippen LogP contribution in [-0.4, -0.2) is 20.7 Å². The van der Waals surface area contributed by atoms with Gasteiger partial charge in [-0.3, -0.25) is 4.79 Å². The van der Waals surface area contributed by atoms with Crippen LogP contribution in [0, 0.1) is 11.6 Å². The Morgan fingerprint density at radius 2 is 1.88 bits per heavy atom. The lowest BCUT2D eigenvalue weighted by Crippen LogP contribution is -2.15. The van der Waals surface area contributed by atoms with Gasteiger partial charge < -0.3 is 5.32 Å². The van der Waals surface area contributed by atoms with E-state index in [1.165, 1.54) is 23.4 Å². The number of halogens is 4. The highest BCUT2D eigenvalue weighted by Gasteiger charge is 2.17. The Kier molecular flexibility index (Phi) is 4.46. The second-order valence-electron chi connectivity index (χ2n) is 4.70. The molecule has 24 heavy (non-hydrogen) atoms. The van der Waals surface area contributed by atoms with Crippen LogP contribution in [0.5, 0.6) is 0 Å². The predicted octanol–water partition coefficient (Wildman–Crippen LogP) is 4.10. The molecule has 0 aliphatic rings. The van der Waals surface area contributed by atoms with E-state index in [1.54, 1.807) is 12.1 Å². The Morgan fingerprint density at radius 3 is 2.58 bits per heavy atom. The predicted molar refractivity (Wildman–Crippen MR) is 85.7 cm³/mol. The van der Waals surface area contributed by atoms with E-state index in [0.29, 0.717) is 16.4 Å². The number of hydrogen-bond donors (Lipinski definition) is 1. The molecule has 0 aliphatic heterocycles. The van der Waals surface area contributed by atoms with E-state index in [9.17, 15) is 13.6 Å². The van der Waals surface area contributed by atoms with Crippen LogP contribution < -0.4 is 5.32 Å². The van der Waals surface area contributed by atoms with Crippen molar-refractivity contribution in [3.63, 3.8) is 0 Å². The van der Waals surface area contributed by atoms with Crippen molar-refractivity contribution in [3.05, 3.63) is 70.2 Å². The van der Waals surface area contributed by atoms with Crippen molar-refractivity contribution in [1.29, 1.82) is 0 Å². The van der Waals surface area contributed by atoms with Crippen LogP contribution in [-0.2, 0) is 0 Å². The summed E-state index contributed by atoms with van der Waals surface area (Å²) in [6.07, 6.45) is 2.76. The maximum Gasteiger partial charge on any atom is 0.257 e. The molecule has 0 atom stereocenters. The first-order valence-electron chi connectivity index (χ1n) is 6.56. The number of nitrogens with one attached hydrogen (secondary N) is 1. The fourth-order valence-corrected chi connectivity index (χ4v) is 2.44. The fraction of sp³-hybridized carbons (Fsp3) is 0. The summed E-state index contributed by atoms with van der Waals surface area (Å²) in [5, 5.41) is 6.69. The Labute approximate surface area is 144 Å². The first kappa shape index (κ1) is 16.4. The van der Waals surface area contributed by atoms with Gasteiger partial charge in [-0.15, -0.1) is 0 Å². The lowest BCUT2D eigenvalue weighted by atomic mass is 10.2. The van der Waals surface area contributed by atoms with Crippen molar-refractivity contribution < 1.29 is 13.6 Å². The zero-order valence-corrected chi connectivity index (χ0v) is 13.3. The third-order valence-corrected chi connectivity index (χ3v) is 3.67. The second kappa shape index (κ2) is 6.54. The molecule has 0 saturated heterocycles. The zero-order chi connectivity index (χ0) is 17.3. The molecule has 3 aromatic rings. The summed E-state index contributed by atoms with van der Waals surface area (Å²) >= 11 is 11.8. The monoisotopic (exact) mass is 368 g/mol. The average Bonchev–Trinajstić information content (AvgIpc) is 3.05. The van der Waals surface area contributed by atoms with Crippen LogP contribution in [0.1, 0.15) is 10.4 Å². The topological polar surface area (TPSA) is 59.8 Å². The number of rotatable bonds is 3. The Hall–Kier alpha value is -2.51. The molecule has 0 radical (unpaired) electrons. The fourth-order valence-electron chi connectivity index (χ4n) is 2.03. The van der Waals surface area contributed by atoms with Crippen LogP contribution in [0.15, 0.2) is 43.0 Å². The Morgan fingerprint density at radius 1 is 1.12 bits per heavy atom. The first-order chi connectivity index (χ1) is 11.5. The van der Waals surface area contributed by atoms with Crippen LogP contribution >= 0.6 is 23.2 Å². The van der Waals surface area contributed by atoms with E-state index < -0.39 is 17.5 Å². The minimum absolute atomic E-state index is 0.208. The minimum atomic E-state index is -1.17. The average molecular weight is 369 g/mol. The van der Waals surface area contributed by atoms with E-state index in [4.69, 9.17) is 23.2 Å². The van der Waals surface area contributed by atoms with E-state index in [-0.39, 0.29) is 10.6 Å². The molecule has 0 spiro atoms. The molecule has 2 aromatic carbocycles. The van der Waals surface area contributed by atoms with Crippen molar-refractivity contribution in [1.82, 2.24) is 14.8 Å². The minimum Gasteiger partial charge on any atom is -0.320 e. The van der Waals surface area contributed by atoms with E-state index in [2.05, 4.69) is 15.4 Å². The van der Waals surface area contributed by atoms with Gasteiger partial charge in [-0.05, 0) is 30.3 Å². The smallest absolute Gasteiger partial charge is 0.257 e. The van der Waals surface area contributed by atoms with Crippen molar-refractivity contribution in [2.45, 2.75) is 0 Å². The maximum absolute atomic E-state index is 13.4. The van der Waals surface area contributed by atoms with E-state index in [0.717, 1.165) is 12.1 Å². The number of anilines is 1. The summed E-state index contributed by atoms with van der Waals surface area (Å²) < 4.78 is 27.9. The molecule has 0 saturated carbocycles. The molecule has 9 heteroatoms. The summed E-state index contributed by atoms with van der Waals surface area (Å²) in [6, 6.07) is 6.19. The number of nitrogens with zero attached hydrogens (tertiary/aromatic N) is 3. The van der Waals surface area contributed by atoms with Gasteiger partial charge in [0.15, 0.2) is 11.6 Å². The normalized spacial score (nSPS) is 10.7. The lowest BCUT2D eigenvalue weighted by molar-refractivity contribution is 0.102. The van der Waals surface area contributed by atoms with Crippen molar-refractivity contribution in [2.24, 2.45) is 0 Å². The summed E-state index contributed by atoms with van der Waals surface area (Å²) in [6.45, 7) is 0. The van der Waals surface area contributed by atoms with Gasteiger partial charge in [0.1, 0.15) is 12.7 Å². The third kappa shape index (κ3) is 3.22. The van der Waals surface area contributed by atoms with Gasteiger partial charge in [0.25, 0.3) is 5.91 Å². The van der Waals surface area contributed by atoms with E-state index in [1.807, 2.05) is 0 Å². The molecule has 122 valence electrons. The first-order valence-corrected chi connectivity index (χ1v) is 7.32. The van der Waals surface area contributed by atoms with Crippen molar-refractivity contribution >= 4 is 34.8 Å². The number of amides is 1. The molecule has 5 nitrogen and oxygen atoms in total. The second-order valence-corrected chi connectivity index (χ2v) is 5.55. The van der Waals surface area contributed by atoms with Crippen molar-refractivity contribution in [2.75, 3.05) is 5.32 Å². The van der Waals surface area contributed by atoms with Gasteiger partial charge in [0.05, 0.1) is 22.0 Å². The quantitative estimate of drug-likeness (QED) is 0.707. The van der Waals surface area contributed by atoms with Crippen LogP contribution in [0.3, 0.4) is 0 Å². The summed E-state index contributed by atoms with van der Waals surface area (Å²) in [5.41, 5.74) is 0.586. The SMILES string of the molecule is O=C(Nc1cc(Cl)ccc1-n1cncn1)c1cc(F)c(F)cc1Cl. The van der Waals surface area contributed by atoms with Gasteiger partial charge in [-0.1, -0.05) is 23.2 Å². The highest BCUT2D eigenvalue weighted by Crippen LogP contribution is 2.26. The molecule has 1 heterocycles. The number of hydrogen-bond acceptors (Lipinski definition) is 3. The van der Waals surface area contributed by atoms with Gasteiger partial charge in [0.2, 0.25) is 0 Å². The molecule has 1 amide bonds. The summed E-state index contributed by atoms with van der Waals surface area (Å²) in [7, 11) is 0. The maximum atomic E-state index is 13.4. The zero-order valence-electron chi connectivity index (χ0n) is 11.8. The van der Waals surface area contributed by atoms with Crippen LogP contribution in [0.2, 0.25) is 10.0 Å². The molecular weight excluding hydrogens is 361 g/mol. The largest absolute Gasteiger partial charge is 0.320 e. The van der Waals surface area contributed by atoms with E-state index >= 15 is 0 Å². The summed E-state index contributed by atoms with van der Waals surface area (Å²) in [4.78, 5) is 16.2. The van der Waals surface area contributed by atoms with Gasteiger partial charge >= 0.3 is 0 Å². The molecule has 0 unspecified atom stereocenters. The van der Waals surface area contributed by atoms with Gasteiger partial charge in [-0.2, -0.15) is 5.10 Å². The molecular formula is C15H8Cl2F2N4O. The number of benzene rings is 2. The van der Waals surface area contributed by atoms with Crippen molar-refractivity contribution in [3.8, 4) is 5.69 Å². The Balaban J connectivity index is 1.98. The highest BCUT2D eigenvalue weighted by atomic mass is 35.5. The molecule has 1 aromatic heterocycles. The number of aromatic nitrogens is 3. The Bertz CT molecular complexity index is 916. The standard InChI is InChI=1S/C15H8Cl2F2N4O/c16-8-1-2-14(23-7-20-6-21-23)13(3-8)22-15(24)9-4-11(18)12(19)5-10(9)17/h1-7H,(H,22,24). The number of carbonyl (C=O) groups excluding carboxylic acids is 1. The third-order valence-electron chi connectivity index (χ3n) is 3.13. The molecule has 0 aliphatic carbocycles. The lowest BCUT2D eigenvalue weighted by Gasteiger charge is -2.12. The van der Waals surface area contributed by atoms with Crippen LogP contribution in [0.4, 0.5) is 14.5 Å². The number of carbonyl (C=O) groups is 1. The highest BCUT2D eigenvalue weighted by molar-refractivity contribution is 6.34. The summed E-state index contributed by atoms with van der Waals surface area (Å²) in [5.74, 6) is -3.03. The molecule has 0 bridgehead atoms. The van der Waals surface area contributed by atoms with Crippen LogP contribution in [0.25, 0.3) is 5.69 Å². The van der Waals surface area contributed by atoms with Gasteiger partial charge in [-0.25, -0.2) is 18.4 Å². The molecule has 1 N–H and O–H groups in total. The molecule has 3 rings (SSSR count).